The molecule has 0 aliphatic rings. The van der Waals surface area contributed by atoms with Gasteiger partial charge in [-0.15, -0.1) is 11.3 Å². The van der Waals surface area contributed by atoms with Gasteiger partial charge in [0.05, 0.1) is 34.0 Å². The second kappa shape index (κ2) is 7.46. The number of aryl methyl sites for hydroxylation is 1. The average Bonchev–Trinajstić information content (AvgIpc) is 3.24. The number of rotatable bonds is 5. The van der Waals surface area contributed by atoms with E-state index in [4.69, 9.17) is 4.74 Å². The molecule has 0 aliphatic carbocycles. The minimum atomic E-state index is -0.108. The fourth-order valence-electron chi connectivity index (χ4n) is 2.88. The molecule has 0 spiro atoms. The zero-order valence-electron chi connectivity index (χ0n) is 15.0. The van der Waals surface area contributed by atoms with Gasteiger partial charge in [0, 0.05) is 5.56 Å². The molecule has 1 amide bonds. The lowest BCUT2D eigenvalue weighted by Crippen LogP contribution is -2.14. The van der Waals surface area contributed by atoms with E-state index in [9.17, 15) is 4.79 Å². The zero-order valence-corrected chi connectivity index (χ0v) is 17.5. The molecule has 0 unspecified atom stereocenters. The lowest BCUT2D eigenvalue weighted by molar-refractivity contribution is -0.115. The second-order valence-corrected chi connectivity index (χ2v) is 9.06. The third-order valence-corrected chi connectivity index (χ3v) is 7.31. The van der Waals surface area contributed by atoms with Crippen molar-refractivity contribution in [2.24, 2.45) is 0 Å². The molecule has 0 bridgehead atoms. The second-order valence-electron chi connectivity index (χ2n) is 6.01. The molecule has 4 aromatic rings. The summed E-state index contributed by atoms with van der Waals surface area (Å²) in [4.78, 5) is 21.7. The largest absolute Gasteiger partial charge is 0.496 e. The maximum atomic E-state index is 12.5. The van der Waals surface area contributed by atoms with Crippen molar-refractivity contribution in [3.05, 3.63) is 41.5 Å². The van der Waals surface area contributed by atoms with E-state index in [1.807, 2.05) is 43.5 Å². The Kier molecular flexibility index (Phi) is 5.03. The van der Waals surface area contributed by atoms with Crippen LogP contribution in [-0.4, -0.2) is 29.2 Å². The SMILES string of the molecule is COc1ccc(C)cc1CC(=O)Nc1nc2ccc3nc(SC)sc3c2s1. The quantitative estimate of drug-likeness (QED) is 0.458. The van der Waals surface area contributed by atoms with Crippen LogP contribution in [0, 0.1) is 6.92 Å². The van der Waals surface area contributed by atoms with Gasteiger partial charge in [-0.1, -0.05) is 40.8 Å². The van der Waals surface area contributed by atoms with Crippen LogP contribution >= 0.6 is 34.4 Å². The molecular formula is C19H17N3O2S3. The van der Waals surface area contributed by atoms with E-state index in [1.165, 1.54) is 11.3 Å². The Bertz CT molecular complexity index is 1150. The number of carbonyl (C=O) groups excluding carboxylic acids is 1. The van der Waals surface area contributed by atoms with E-state index in [1.54, 1.807) is 30.2 Å². The van der Waals surface area contributed by atoms with Gasteiger partial charge in [0.25, 0.3) is 0 Å². The fraction of sp³-hybridized carbons (Fsp3) is 0.211. The molecule has 0 saturated carbocycles. The highest BCUT2D eigenvalue weighted by Gasteiger charge is 2.15. The molecule has 0 aliphatic heterocycles. The van der Waals surface area contributed by atoms with Gasteiger partial charge < -0.3 is 10.1 Å². The molecule has 138 valence electrons. The van der Waals surface area contributed by atoms with Gasteiger partial charge in [-0.05, 0) is 31.4 Å². The van der Waals surface area contributed by atoms with Crippen molar-refractivity contribution in [3.63, 3.8) is 0 Å². The highest BCUT2D eigenvalue weighted by Crippen LogP contribution is 2.38. The Morgan fingerprint density at radius 3 is 2.63 bits per heavy atom. The molecule has 0 atom stereocenters. The van der Waals surface area contributed by atoms with E-state index in [0.717, 1.165) is 41.6 Å². The van der Waals surface area contributed by atoms with Crippen molar-refractivity contribution in [1.82, 2.24) is 9.97 Å². The van der Waals surface area contributed by atoms with Crippen molar-refractivity contribution >= 4 is 65.9 Å². The number of anilines is 1. The fourth-order valence-corrected chi connectivity index (χ4v) is 5.55. The number of hydrogen-bond donors (Lipinski definition) is 1. The number of aromatic nitrogens is 2. The number of nitrogens with zero attached hydrogens (tertiary/aromatic N) is 2. The topological polar surface area (TPSA) is 64.1 Å². The molecule has 4 rings (SSSR count). The van der Waals surface area contributed by atoms with Crippen LogP contribution in [0.1, 0.15) is 11.1 Å². The van der Waals surface area contributed by atoms with E-state index in [2.05, 4.69) is 15.3 Å². The molecule has 27 heavy (non-hydrogen) atoms. The monoisotopic (exact) mass is 415 g/mol. The van der Waals surface area contributed by atoms with Crippen LogP contribution < -0.4 is 10.1 Å². The number of amides is 1. The molecular weight excluding hydrogens is 398 g/mol. The van der Waals surface area contributed by atoms with E-state index >= 15 is 0 Å². The molecule has 2 heterocycles. The molecule has 0 fully saturated rings. The van der Waals surface area contributed by atoms with Crippen molar-refractivity contribution < 1.29 is 9.53 Å². The molecule has 5 nitrogen and oxygen atoms in total. The van der Waals surface area contributed by atoms with Gasteiger partial charge in [0.15, 0.2) is 9.47 Å². The van der Waals surface area contributed by atoms with Crippen LogP contribution in [0.2, 0.25) is 0 Å². The first kappa shape index (κ1) is 18.2. The number of thioether (sulfide) groups is 1. The molecule has 2 aromatic heterocycles. The number of hydrogen-bond acceptors (Lipinski definition) is 7. The smallest absolute Gasteiger partial charge is 0.230 e. The molecule has 8 heteroatoms. The Morgan fingerprint density at radius 2 is 1.89 bits per heavy atom. The Morgan fingerprint density at radius 1 is 1.15 bits per heavy atom. The maximum absolute atomic E-state index is 12.5. The summed E-state index contributed by atoms with van der Waals surface area (Å²) in [6, 6.07) is 9.77. The van der Waals surface area contributed by atoms with E-state index in [-0.39, 0.29) is 12.3 Å². The normalized spacial score (nSPS) is 11.2. The van der Waals surface area contributed by atoms with Gasteiger partial charge in [-0.25, -0.2) is 9.97 Å². The maximum Gasteiger partial charge on any atom is 0.230 e. The third-order valence-electron chi connectivity index (χ3n) is 4.10. The van der Waals surface area contributed by atoms with Crippen molar-refractivity contribution in [2.45, 2.75) is 17.7 Å². The Balaban J connectivity index is 1.60. The number of thiazole rings is 2. The zero-order chi connectivity index (χ0) is 19.0. The van der Waals surface area contributed by atoms with Crippen molar-refractivity contribution in [3.8, 4) is 5.75 Å². The highest BCUT2D eigenvalue weighted by atomic mass is 32.2. The van der Waals surface area contributed by atoms with Crippen LogP contribution in [0.25, 0.3) is 20.4 Å². The van der Waals surface area contributed by atoms with Crippen LogP contribution in [0.5, 0.6) is 5.75 Å². The van der Waals surface area contributed by atoms with Crippen LogP contribution in [-0.2, 0) is 11.2 Å². The standard InChI is InChI=1S/C19H17N3O2S3/c1-10-4-7-14(24-2)11(8-10)9-15(23)22-18-20-12-5-6-13-17(16(12)26-18)27-19(21-13)25-3/h4-8H,9H2,1-3H3,(H,20,22,23). The van der Waals surface area contributed by atoms with Gasteiger partial charge in [0.1, 0.15) is 5.75 Å². The number of nitrogens with one attached hydrogen (secondary N) is 1. The first-order valence-corrected chi connectivity index (χ1v) is 11.1. The molecule has 0 saturated heterocycles. The van der Waals surface area contributed by atoms with Gasteiger partial charge >= 0.3 is 0 Å². The summed E-state index contributed by atoms with van der Waals surface area (Å²) in [5.41, 5.74) is 3.82. The lowest BCUT2D eigenvalue weighted by atomic mass is 10.1. The molecule has 0 radical (unpaired) electrons. The number of fused-ring (bicyclic) bond motifs is 3. The van der Waals surface area contributed by atoms with Gasteiger partial charge in [0.2, 0.25) is 5.91 Å². The predicted octanol–water partition coefficient (Wildman–Crippen LogP) is 5.13. The summed E-state index contributed by atoms with van der Waals surface area (Å²) in [6.45, 7) is 2.00. The predicted molar refractivity (Wildman–Crippen MR) is 115 cm³/mol. The summed E-state index contributed by atoms with van der Waals surface area (Å²) >= 11 is 4.79. The van der Waals surface area contributed by atoms with Crippen LogP contribution in [0.3, 0.4) is 0 Å². The number of carbonyl (C=O) groups is 1. The van der Waals surface area contributed by atoms with Crippen LogP contribution in [0.15, 0.2) is 34.7 Å². The van der Waals surface area contributed by atoms with Gasteiger partial charge in [-0.3, -0.25) is 4.79 Å². The number of ether oxygens (including phenoxy) is 1. The Hall–Kier alpha value is -2.16. The van der Waals surface area contributed by atoms with Crippen molar-refractivity contribution in [1.29, 1.82) is 0 Å². The molecule has 2 aromatic carbocycles. The van der Waals surface area contributed by atoms with Crippen molar-refractivity contribution in [2.75, 3.05) is 18.7 Å². The minimum Gasteiger partial charge on any atom is -0.496 e. The number of methoxy groups -OCH3 is 1. The van der Waals surface area contributed by atoms with E-state index in [0.29, 0.717) is 5.13 Å². The summed E-state index contributed by atoms with van der Waals surface area (Å²) in [6.07, 6.45) is 2.26. The highest BCUT2D eigenvalue weighted by molar-refractivity contribution is 8.00. The summed E-state index contributed by atoms with van der Waals surface area (Å²) in [5.74, 6) is 0.610. The first-order chi connectivity index (χ1) is 13.1. The molecule has 1 N–H and O–H groups in total. The summed E-state index contributed by atoms with van der Waals surface area (Å²) < 4.78 is 8.57. The number of benzene rings is 2. The van der Waals surface area contributed by atoms with Gasteiger partial charge in [-0.2, -0.15) is 0 Å². The average molecular weight is 416 g/mol. The first-order valence-electron chi connectivity index (χ1n) is 8.25. The lowest BCUT2D eigenvalue weighted by Gasteiger charge is -2.09. The summed E-state index contributed by atoms with van der Waals surface area (Å²) in [5, 5.41) is 3.53. The minimum absolute atomic E-state index is 0.108. The Labute approximate surface area is 168 Å². The summed E-state index contributed by atoms with van der Waals surface area (Å²) in [7, 11) is 1.61. The third kappa shape index (κ3) is 3.65. The van der Waals surface area contributed by atoms with E-state index < -0.39 is 0 Å². The van der Waals surface area contributed by atoms with Crippen LogP contribution in [0.4, 0.5) is 5.13 Å².